The van der Waals surface area contributed by atoms with E-state index in [0.717, 1.165) is 0 Å². The van der Waals surface area contributed by atoms with Crippen molar-refractivity contribution in [2.75, 3.05) is 52.4 Å². The van der Waals surface area contributed by atoms with E-state index in [1.165, 1.54) is 129 Å². The second kappa shape index (κ2) is 9.23. The van der Waals surface area contributed by atoms with Gasteiger partial charge in [0, 0.05) is 52.4 Å². The van der Waals surface area contributed by atoms with Gasteiger partial charge in [-0.25, -0.2) is 0 Å². The number of likely N-dealkylation sites (tertiary alicyclic amines) is 4. The second-order valence-electron chi connectivity index (χ2n) is 8.84. The Hall–Kier alpha value is -1.06. The highest BCUT2D eigenvalue weighted by molar-refractivity contribution is 5.14. The van der Waals surface area contributed by atoms with Gasteiger partial charge in [-0.2, -0.15) is 0 Å². The summed E-state index contributed by atoms with van der Waals surface area (Å²) in [4.78, 5) is 11.1. The Morgan fingerprint density at radius 1 is 0.269 bits per heavy atom. The molecule has 4 rings (SSSR count). The summed E-state index contributed by atoms with van der Waals surface area (Å²) in [5.74, 6) is 3.27. The first-order valence-corrected chi connectivity index (χ1v) is 11.7. The van der Waals surface area contributed by atoms with Crippen molar-refractivity contribution in [3.8, 4) is 0 Å². The normalized spacial score (nSPS) is 25.4. The van der Waals surface area contributed by atoms with Crippen LogP contribution in [0.15, 0.2) is 11.6 Å². The number of hydrogen-bond acceptors (Lipinski definition) is 4. The molecule has 0 aliphatic carbocycles. The lowest BCUT2D eigenvalue weighted by atomic mass is 10.1. The molecular formula is C22H40N4. The molecule has 0 amide bonds. The van der Waals surface area contributed by atoms with Crippen LogP contribution in [0.25, 0.3) is 0 Å². The molecule has 0 radical (unpaired) electrons. The average molecular weight is 361 g/mol. The molecule has 0 aromatic carbocycles. The zero-order valence-electron chi connectivity index (χ0n) is 16.9. The van der Waals surface area contributed by atoms with Crippen LogP contribution in [-0.2, 0) is 0 Å². The molecule has 4 nitrogen and oxygen atoms in total. The van der Waals surface area contributed by atoms with Crippen molar-refractivity contribution in [1.29, 1.82) is 0 Å². The maximum absolute atomic E-state index is 2.79. The summed E-state index contributed by atoms with van der Waals surface area (Å²) in [6, 6.07) is 0. The lowest BCUT2D eigenvalue weighted by molar-refractivity contribution is 0.105. The van der Waals surface area contributed by atoms with E-state index >= 15 is 0 Å². The third kappa shape index (κ3) is 4.26. The van der Waals surface area contributed by atoms with E-state index in [1.807, 2.05) is 0 Å². The van der Waals surface area contributed by atoms with E-state index in [1.54, 1.807) is 11.6 Å². The highest BCUT2D eigenvalue weighted by Gasteiger charge is 2.31. The molecule has 4 heteroatoms. The lowest BCUT2D eigenvalue weighted by Gasteiger charge is -2.47. The van der Waals surface area contributed by atoms with E-state index < -0.39 is 0 Å². The predicted octanol–water partition coefficient (Wildman–Crippen LogP) is 4.06. The minimum absolute atomic E-state index is 1.27. The fraction of sp³-hybridized carbons (Fsp3) is 0.909. The molecule has 0 N–H and O–H groups in total. The van der Waals surface area contributed by atoms with E-state index in [2.05, 4.69) is 19.6 Å². The quantitative estimate of drug-likeness (QED) is 0.749. The number of rotatable bonds is 4. The van der Waals surface area contributed by atoms with Gasteiger partial charge in [-0.3, -0.25) is 0 Å². The van der Waals surface area contributed by atoms with Crippen molar-refractivity contribution in [3.63, 3.8) is 0 Å². The van der Waals surface area contributed by atoms with Gasteiger partial charge < -0.3 is 19.6 Å². The van der Waals surface area contributed by atoms with Crippen LogP contribution in [0.5, 0.6) is 0 Å². The zero-order chi connectivity index (χ0) is 17.6. The van der Waals surface area contributed by atoms with Crippen LogP contribution in [0.3, 0.4) is 0 Å². The zero-order valence-corrected chi connectivity index (χ0v) is 16.9. The van der Waals surface area contributed by atoms with Gasteiger partial charge in [-0.1, -0.05) is 0 Å². The van der Waals surface area contributed by atoms with Gasteiger partial charge in [0.05, 0.1) is 0 Å². The second-order valence-corrected chi connectivity index (χ2v) is 8.84. The van der Waals surface area contributed by atoms with E-state index in [-0.39, 0.29) is 0 Å². The Kier molecular flexibility index (Phi) is 6.50. The third-order valence-corrected chi connectivity index (χ3v) is 6.82. The van der Waals surface area contributed by atoms with Gasteiger partial charge in [0.15, 0.2) is 0 Å². The molecule has 4 heterocycles. The molecule has 0 aromatic heterocycles. The molecule has 0 aromatic rings. The van der Waals surface area contributed by atoms with Gasteiger partial charge in [0.2, 0.25) is 0 Å². The van der Waals surface area contributed by atoms with Crippen LogP contribution in [0, 0.1) is 0 Å². The molecule has 0 saturated carbocycles. The SMILES string of the molecule is C1CCN(C(=C(N2CCCCC2)N2CCCCC2)N2CCCCC2)CC1. The van der Waals surface area contributed by atoms with Gasteiger partial charge in [0.1, 0.15) is 11.6 Å². The molecular weight excluding hydrogens is 320 g/mol. The van der Waals surface area contributed by atoms with Crippen LogP contribution in [0.1, 0.15) is 77.0 Å². The topological polar surface area (TPSA) is 13.0 Å². The molecule has 0 atom stereocenters. The number of hydrogen-bond donors (Lipinski definition) is 0. The molecule has 0 bridgehead atoms. The van der Waals surface area contributed by atoms with Crippen molar-refractivity contribution in [3.05, 3.63) is 11.6 Å². The Labute approximate surface area is 161 Å². The summed E-state index contributed by atoms with van der Waals surface area (Å²) < 4.78 is 0. The first-order chi connectivity index (χ1) is 12.9. The predicted molar refractivity (Wildman–Crippen MR) is 109 cm³/mol. The molecule has 4 fully saturated rings. The highest BCUT2D eigenvalue weighted by Crippen LogP contribution is 2.31. The maximum atomic E-state index is 2.79. The van der Waals surface area contributed by atoms with Crippen molar-refractivity contribution >= 4 is 0 Å². The summed E-state index contributed by atoms with van der Waals surface area (Å²) >= 11 is 0. The third-order valence-electron chi connectivity index (χ3n) is 6.82. The standard InChI is InChI=1S/C22H40N4/c1-5-13-23(14-6-1)21(24-15-7-2-8-16-24)22(25-17-9-3-10-18-25)26-19-11-4-12-20-26/h1-20H2. The monoisotopic (exact) mass is 360 g/mol. The van der Waals surface area contributed by atoms with Crippen LogP contribution >= 0.6 is 0 Å². The Balaban J connectivity index is 1.70. The molecule has 148 valence electrons. The smallest absolute Gasteiger partial charge is 0.146 e. The molecule has 4 aliphatic rings. The minimum atomic E-state index is 1.27. The molecule has 4 saturated heterocycles. The van der Waals surface area contributed by atoms with Crippen LogP contribution < -0.4 is 0 Å². The molecule has 4 aliphatic heterocycles. The summed E-state index contributed by atoms with van der Waals surface area (Å²) in [6.07, 6.45) is 16.7. The first kappa shape index (κ1) is 18.3. The van der Waals surface area contributed by atoms with E-state index in [0.29, 0.717) is 0 Å². The van der Waals surface area contributed by atoms with Gasteiger partial charge in [-0.15, -0.1) is 0 Å². The molecule has 0 unspecified atom stereocenters. The fourth-order valence-electron chi connectivity index (χ4n) is 5.39. The van der Waals surface area contributed by atoms with Crippen LogP contribution in [0.2, 0.25) is 0 Å². The number of nitrogens with zero attached hydrogens (tertiary/aromatic N) is 4. The van der Waals surface area contributed by atoms with Crippen molar-refractivity contribution in [2.45, 2.75) is 77.0 Å². The first-order valence-electron chi connectivity index (χ1n) is 11.7. The summed E-state index contributed by atoms with van der Waals surface area (Å²) in [5.41, 5.74) is 0. The fourth-order valence-corrected chi connectivity index (χ4v) is 5.39. The van der Waals surface area contributed by atoms with E-state index in [9.17, 15) is 0 Å². The minimum Gasteiger partial charge on any atom is -0.355 e. The molecule has 0 spiro atoms. The number of piperidine rings is 4. The maximum Gasteiger partial charge on any atom is 0.146 e. The Morgan fingerprint density at radius 3 is 0.654 bits per heavy atom. The molecule has 26 heavy (non-hydrogen) atoms. The Morgan fingerprint density at radius 2 is 0.462 bits per heavy atom. The van der Waals surface area contributed by atoms with Gasteiger partial charge >= 0.3 is 0 Å². The van der Waals surface area contributed by atoms with Crippen molar-refractivity contribution < 1.29 is 0 Å². The largest absolute Gasteiger partial charge is 0.355 e. The van der Waals surface area contributed by atoms with Gasteiger partial charge in [0.25, 0.3) is 0 Å². The van der Waals surface area contributed by atoms with Crippen LogP contribution in [0.4, 0.5) is 0 Å². The summed E-state index contributed by atoms with van der Waals surface area (Å²) in [6.45, 7) is 10.2. The van der Waals surface area contributed by atoms with E-state index in [4.69, 9.17) is 0 Å². The Bertz CT molecular complexity index is 369. The average Bonchev–Trinajstić information content (AvgIpc) is 2.74. The summed E-state index contributed by atoms with van der Waals surface area (Å²) in [5, 5.41) is 0. The van der Waals surface area contributed by atoms with Gasteiger partial charge in [-0.05, 0) is 77.0 Å². The summed E-state index contributed by atoms with van der Waals surface area (Å²) in [7, 11) is 0. The van der Waals surface area contributed by atoms with Crippen molar-refractivity contribution in [1.82, 2.24) is 19.6 Å². The highest BCUT2D eigenvalue weighted by atomic mass is 15.4. The van der Waals surface area contributed by atoms with Crippen molar-refractivity contribution in [2.24, 2.45) is 0 Å². The van der Waals surface area contributed by atoms with Crippen LogP contribution in [-0.4, -0.2) is 72.0 Å². The lowest BCUT2D eigenvalue weighted by Crippen LogP contribution is -2.49.